The molecule has 2 aromatic carbocycles. The molecule has 1 unspecified atom stereocenters. The van der Waals surface area contributed by atoms with E-state index in [0.29, 0.717) is 11.3 Å². The second-order valence-corrected chi connectivity index (χ2v) is 5.03. The van der Waals surface area contributed by atoms with Crippen molar-refractivity contribution in [1.29, 1.82) is 0 Å². The van der Waals surface area contributed by atoms with Gasteiger partial charge in [-0.15, -0.1) is 0 Å². The number of ketones is 1. The predicted molar refractivity (Wildman–Crippen MR) is 71.9 cm³/mol. The summed E-state index contributed by atoms with van der Waals surface area (Å²) in [6, 6.07) is 8.74. The van der Waals surface area contributed by atoms with Crippen molar-refractivity contribution in [1.82, 2.24) is 0 Å². The van der Waals surface area contributed by atoms with Crippen molar-refractivity contribution >= 4 is 5.78 Å². The lowest BCUT2D eigenvalue weighted by Crippen LogP contribution is -2.20. The maximum absolute atomic E-state index is 12.5. The fourth-order valence-electron chi connectivity index (χ4n) is 2.38. The standard InChI is InChI=1S/C16H11F3O3/c17-16(18,19)10-3-1-9(2-4-10)15-8-13(21)12-7-11(20)5-6-14(12)22-15/h1-7,15,20H,8H2. The van der Waals surface area contributed by atoms with Crippen molar-refractivity contribution < 1.29 is 27.8 Å². The normalized spacial score (nSPS) is 17.8. The average molecular weight is 308 g/mol. The fraction of sp³-hybridized carbons (Fsp3) is 0.188. The minimum absolute atomic E-state index is 0.0157. The van der Waals surface area contributed by atoms with E-state index >= 15 is 0 Å². The smallest absolute Gasteiger partial charge is 0.416 e. The number of carbonyl (C=O) groups is 1. The zero-order valence-corrected chi connectivity index (χ0v) is 11.2. The lowest BCUT2D eigenvalue weighted by molar-refractivity contribution is -0.137. The van der Waals surface area contributed by atoms with Gasteiger partial charge < -0.3 is 9.84 Å². The minimum Gasteiger partial charge on any atom is -0.508 e. The topological polar surface area (TPSA) is 46.5 Å². The van der Waals surface area contributed by atoms with Crippen LogP contribution in [0.15, 0.2) is 42.5 Å². The molecule has 3 rings (SSSR count). The van der Waals surface area contributed by atoms with Crippen LogP contribution in [0.1, 0.15) is 34.0 Å². The highest BCUT2D eigenvalue weighted by Crippen LogP contribution is 2.37. The number of fused-ring (bicyclic) bond motifs is 1. The molecule has 1 heterocycles. The van der Waals surface area contributed by atoms with Gasteiger partial charge in [-0.2, -0.15) is 13.2 Å². The summed E-state index contributed by atoms with van der Waals surface area (Å²) in [7, 11) is 0. The van der Waals surface area contributed by atoms with Crippen LogP contribution in [0.2, 0.25) is 0 Å². The van der Waals surface area contributed by atoms with E-state index in [1.807, 2.05) is 0 Å². The highest BCUT2D eigenvalue weighted by atomic mass is 19.4. The number of hydrogen-bond donors (Lipinski definition) is 1. The summed E-state index contributed by atoms with van der Waals surface area (Å²) < 4.78 is 43.3. The van der Waals surface area contributed by atoms with Gasteiger partial charge in [0.25, 0.3) is 0 Å². The van der Waals surface area contributed by atoms with Crippen LogP contribution in [0.3, 0.4) is 0 Å². The van der Waals surface area contributed by atoms with Crippen molar-refractivity contribution in [3.8, 4) is 11.5 Å². The number of rotatable bonds is 1. The van der Waals surface area contributed by atoms with Gasteiger partial charge in [-0.3, -0.25) is 4.79 Å². The Bertz CT molecular complexity index is 720. The predicted octanol–water partition coefficient (Wildman–Crippen LogP) is 4.12. The van der Waals surface area contributed by atoms with Crippen LogP contribution >= 0.6 is 0 Å². The molecule has 1 N–H and O–H groups in total. The summed E-state index contributed by atoms with van der Waals surface area (Å²) in [6.07, 6.45) is -5.01. The Morgan fingerprint density at radius 3 is 2.41 bits per heavy atom. The van der Waals surface area contributed by atoms with E-state index in [-0.39, 0.29) is 23.5 Å². The molecular weight excluding hydrogens is 297 g/mol. The van der Waals surface area contributed by atoms with E-state index in [0.717, 1.165) is 12.1 Å². The molecule has 2 aromatic rings. The number of hydrogen-bond acceptors (Lipinski definition) is 3. The molecule has 3 nitrogen and oxygen atoms in total. The van der Waals surface area contributed by atoms with Crippen molar-refractivity contribution in [3.63, 3.8) is 0 Å². The number of Topliss-reactive ketones (excluding diaryl/α,β-unsaturated/α-hetero) is 1. The second kappa shape index (κ2) is 5.05. The summed E-state index contributed by atoms with van der Waals surface area (Å²) in [6.45, 7) is 0. The Labute approximate surface area is 124 Å². The molecular formula is C16H11F3O3. The Kier molecular flexibility index (Phi) is 3.31. The molecule has 1 aliphatic heterocycles. The molecule has 0 radical (unpaired) electrons. The molecule has 0 saturated carbocycles. The van der Waals surface area contributed by atoms with E-state index in [4.69, 9.17) is 4.74 Å². The molecule has 0 amide bonds. The number of carbonyl (C=O) groups excluding carboxylic acids is 1. The molecule has 0 fully saturated rings. The molecule has 6 heteroatoms. The van der Waals surface area contributed by atoms with Crippen molar-refractivity contribution in [2.24, 2.45) is 0 Å². The maximum Gasteiger partial charge on any atom is 0.416 e. The van der Waals surface area contributed by atoms with Crippen LogP contribution < -0.4 is 4.74 Å². The van der Waals surface area contributed by atoms with Crippen molar-refractivity contribution in [3.05, 3.63) is 59.2 Å². The molecule has 0 spiro atoms. The van der Waals surface area contributed by atoms with E-state index in [2.05, 4.69) is 0 Å². The molecule has 114 valence electrons. The van der Waals surface area contributed by atoms with Crippen molar-refractivity contribution in [2.75, 3.05) is 0 Å². The summed E-state index contributed by atoms with van der Waals surface area (Å²) >= 11 is 0. The van der Waals surface area contributed by atoms with Crippen LogP contribution in [0, 0.1) is 0 Å². The summed E-state index contributed by atoms with van der Waals surface area (Å²) in [4.78, 5) is 12.1. The first kappa shape index (κ1) is 14.4. The molecule has 0 saturated heterocycles. The SMILES string of the molecule is O=C1CC(c2ccc(C(F)(F)F)cc2)Oc2ccc(O)cc21. The number of benzene rings is 2. The van der Waals surface area contributed by atoms with E-state index < -0.39 is 17.8 Å². The first-order valence-electron chi connectivity index (χ1n) is 6.54. The molecule has 22 heavy (non-hydrogen) atoms. The first-order chi connectivity index (χ1) is 10.3. The lowest BCUT2D eigenvalue weighted by atomic mass is 9.95. The zero-order valence-electron chi connectivity index (χ0n) is 11.2. The Hall–Kier alpha value is -2.50. The largest absolute Gasteiger partial charge is 0.508 e. The van der Waals surface area contributed by atoms with Gasteiger partial charge in [0, 0.05) is 0 Å². The third-order valence-electron chi connectivity index (χ3n) is 3.51. The number of phenols is 1. The van der Waals surface area contributed by atoms with E-state index in [1.165, 1.54) is 30.3 Å². The van der Waals surface area contributed by atoms with Gasteiger partial charge in [0.15, 0.2) is 5.78 Å². The molecule has 0 bridgehead atoms. The van der Waals surface area contributed by atoms with Crippen LogP contribution in [0.4, 0.5) is 13.2 Å². The highest BCUT2D eigenvalue weighted by Gasteiger charge is 2.32. The zero-order chi connectivity index (χ0) is 15.9. The lowest BCUT2D eigenvalue weighted by Gasteiger charge is -2.25. The molecule has 0 aliphatic carbocycles. The summed E-state index contributed by atoms with van der Waals surface area (Å²) in [5.74, 6) is 0.0599. The molecule has 0 aromatic heterocycles. The van der Waals surface area contributed by atoms with Crippen molar-refractivity contribution in [2.45, 2.75) is 18.7 Å². The number of halogens is 3. The van der Waals surface area contributed by atoms with E-state index in [1.54, 1.807) is 0 Å². The first-order valence-corrected chi connectivity index (χ1v) is 6.54. The van der Waals surface area contributed by atoms with Crippen LogP contribution in [-0.2, 0) is 6.18 Å². The van der Waals surface area contributed by atoms with Crippen LogP contribution in [-0.4, -0.2) is 10.9 Å². The second-order valence-electron chi connectivity index (χ2n) is 5.03. The average Bonchev–Trinajstić information content (AvgIpc) is 2.47. The number of aromatic hydroxyl groups is 1. The molecule has 1 aliphatic rings. The third-order valence-corrected chi connectivity index (χ3v) is 3.51. The van der Waals surface area contributed by atoms with Gasteiger partial charge >= 0.3 is 6.18 Å². The van der Waals surface area contributed by atoms with Gasteiger partial charge in [0.05, 0.1) is 17.5 Å². The van der Waals surface area contributed by atoms with Crippen LogP contribution in [0.5, 0.6) is 11.5 Å². The van der Waals surface area contributed by atoms with Gasteiger partial charge in [0.2, 0.25) is 0 Å². The van der Waals surface area contributed by atoms with Gasteiger partial charge in [-0.25, -0.2) is 0 Å². The van der Waals surface area contributed by atoms with Crippen LogP contribution in [0.25, 0.3) is 0 Å². The minimum atomic E-state index is -4.40. The number of ether oxygens (including phenoxy) is 1. The maximum atomic E-state index is 12.5. The highest BCUT2D eigenvalue weighted by molar-refractivity contribution is 6.00. The van der Waals surface area contributed by atoms with Gasteiger partial charge in [-0.05, 0) is 35.9 Å². The number of phenolic OH excluding ortho intramolecular Hbond substituents is 1. The Balaban J connectivity index is 1.88. The van der Waals surface area contributed by atoms with Gasteiger partial charge in [-0.1, -0.05) is 12.1 Å². The number of alkyl halides is 3. The fourth-order valence-corrected chi connectivity index (χ4v) is 2.38. The monoisotopic (exact) mass is 308 g/mol. The quantitative estimate of drug-likeness (QED) is 0.862. The van der Waals surface area contributed by atoms with Gasteiger partial charge in [0.1, 0.15) is 17.6 Å². The van der Waals surface area contributed by atoms with E-state index in [9.17, 15) is 23.1 Å². The molecule has 1 atom stereocenters. The Morgan fingerprint density at radius 2 is 1.77 bits per heavy atom. The third kappa shape index (κ3) is 2.64. The summed E-state index contributed by atoms with van der Waals surface area (Å²) in [5, 5.41) is 9.38. The Morgan fingerprint density at radius 1 is 1.09 bits per heavy atom. The summed E-state index contributed by atoms with van der Waals surface area (Å²) in [5.41, 5.74) is 0.0342.